The predicted octanol–water partition coefficient (Wildman–Crippen LogP) is 2.88. The van der Waals surface area contributed by atoms with Crippen molar-refractivity contribution in [2.24, 2.45) is 0 Å². The zero-order chi connectivity index (χ0) is 16.3. The van der Waals surface area contributed by atoms with E-state index in [9.17, 15) is 13.6 Å². The number of carbonyl (C=O) groups is 1. The fourth-order valence-electron chi connectivity index (χ4n) is 1.77. The lowest BCUT2D eigenvalue weighted by molar-refractivity contribution is -0.0499. The van der Waals surface area contributed by atoms with E-state index in [0.717, 1.165) is 11.3 Å². The summed E-state index contributed by atoms with van der Waals surface area (Å²) in [5.74, 6) is 0.279. The minimum atomic E-state index is -2.98. The maximum Gasteiger partial charge on any atom is 0.387 e. The van der Waals surface area contributed by atoms with E-state index in [0.29, 0.717) is 17.1 Å². The molecule has 0 aliphatic heterocycles. The highest BCUT2D eigenvalue weighted by molar-refractivity contribution is 7.14. The third-order valence-corrected chi connectivity index (χ3v) is 3.80. The van der Waals surface area contributed by atoms with Crippen molar-refractivity contribution in [3.8, 4) is 5.75 Å². The summed E-state index contributed by atoms with van der Waals surface area (Å²) in [5.41, 5.74) is 0. The average Bonchev–Trinajstić information content (AvgIpc) is 3.04. The summed E-state index contributed by atoms with van der Waals surface area (Å²) < 4.78 is 34.2. The maximum atomic E-state index is 12.4. The van der Waals surface area contributed by atoms with Crippen LogP contribution in [0.3, 0.4) is 0 Å². The van der Waals surface area contributed by atoms with Crippen LogP contribution in [-0.2, 0) is 13.0 Å². The Morgan fingerprint density at radius 2 is 2.27 bits per heavy atom. The molecule has 0 saturated heterocycles. The van der Waals surface area contributed by atoms with Crippen LogP contribution in [0.5, 0.6) is 5.75 Å². The van der Waals surface area contributed by atoms with Gasteiger partial charge >= 0.3 is 6.61 Å². The van der Waals surface area contributed by atoms with Crippen LogP contribution >= 0.6 is 11.3 Å². The van der Waals surface area contributed by atoms with Crippen molar-refractivity contribution in [3.05, 3.63) is 27.5 Å². The maximum absolute atomic E-state index is 12.4. The number of carbonyl (C=O) groups excluding carboxylic acids is 1. The molecular formula is C13H15F2N3O3S. The molecule has 2 heterocycles. The number of amides is 1. The van der Waals surface area contributed by atoms with E-state index in [4.69, 9.17) is 4.52 Å². The lowest BCUT2D eigenvalue weighted by Crippen LogP contribution is -2.26. The molecule has 0 N–H and O–H groups in total. The van der Waals surface area contributed by atoms with Crippen molar-refractivity contribution in [1.29, 1.82) is 0 Å². The second-order valence-electron chi connectivity index (χ2n) is 4.55. The zero-order valence-corrected chi connectivity index (χ0v) is 13.1. The highest BCUT2D eigenvalue weighted by atomic mass is 32.1. The monoisotopic (exact) mass is 331 g/mol. The lowest BCUT2D eigenvalue weighted by Gasteiger charge is -2.14. The van der Waals surface area contributed by atoms with Gasteiger partial charge in [0.15, 0.2) is 5.82 Å². The number of rotatable bonds is 6. The minimum absolute atomic E-state index is 0.0941. The Morgan fingerprint density at radius 3 is 2.86 bits per heavy atom. The van der Waals surface area contributed by atoms with Crippen LogP contribution in [0.4, 0.5) is 8.78 Å². The van der Waals surface area contributed by atoms with Crippen molar-refractivity contribution in [2.75, 3.05) is 7.05 Å². The Kier molecular flexibility index (Phi) is 5.07. The standard InChI is InChI=1S/C13H15F2N3O3S/c1-4-9-16-10(21-17-9)6-18(3)12(19)11-8(20-13(14)15)5-7(2)22-11/h5,13H,4,6H2,1-3H3. The van der Waals surface area contributed by atoms with E-state index < -0.39 is 12.5 Å². The molecule has 120 valence electrons. The van der Waals surface area contributed by atoms with Crippen molar-refractivity contribution in [2.45, 2.75) is 33.4 Å². The van der Waals surface area contributed by atoms with Gasteiger partial charge in [0.2, 0.25) is 5.89 Å². The summed E-state index contributed by atoms with van der Waals surface area (Å²) in [5, 5.41) is 3.74. The molecule has 0 atom stereocenters. The van der Waals surface area contributed by atoms with Gasteiger partial charge in [-0.3, -0.25) is 4.79 Å². The first-order chi connectivity index (χ1) is 10.4. The van der Waals surface area contributed by atoms with Crippen LogP contribution in [0.15, 0.2) is 10.6 Å². The lowest BCUT2D eigenvalue weighted by atomic mass is 10.3. The second-order valence-corrected chi connectivity index (χ2v) is 5.80. The molecule has 0 bridgehead atoms. The molecular weight excluding hydrogens is 316 g/mol. The van der Waals surface area contributed by atoms with Gasteiger partial charge < -0.3 is 14.2 Å². The number of ether oxygens (including phenoxy) is 1. The number of aromatic nitrogens is 2. The van der Waals surface area contributed by atoms with Crippen molar-refractivity contribution in [1.82, 2.24) is 15.0 Å². The normalized spacial score (nSPS) is 11.0. The Hall–Kier alpha value is -2.03. The molecule has 0 aromatic carbocycles. The van der Waals surface area contributed by atoms with E-state index in [2.05, 4.69) is 14.9 Å². The number of hydrogen-bond donors (Lipinski definition) is 0. The number of halogens is 2. The summed E-state index contributed by atoms with van der Waals surface area (Å²) in [4.78, 5) is 18.6. The van der Waals surface area contributed by atoms with Crippen molar-refractivity contribution < 1.29 is 22.8 Å². The largest absolute Gasteiger partial charge is 0.433 e. The molecule has 0 aliphatic rings. The van der Waals surface area contributed by atoms with Gasteiger partial charge in [-0.15, -0.1) is 11.3 Å². The van der Waals surface area contributed by atoms with E-state index in [-0.39, 0.29) is 23.1 Å². The third kappa shape index (κ3) is 3.79. The topological polar surface area (TPSA) is 68.5 Å². The molecule has 0 saturated carbocycles. The molecule has 2 aromatic rings. The van der Waals surface area contributed by atoms with Gasteiger partial charge in [-0.25, -0.2) is 0 Å². The number of aryl methyl sites for hydroxylation is 2. The van der Waals surface area contributed by atoms with Gasteiger partial charge in [-0.1, -0.05) is 12.1 Å². The van der Waals surface area contributed by atoms with Gasteiger partial charge in [0.25, 0.3) is 5.91 Å². The summed E-state index contributed by atoms with van der Waals surface area (Å²) in [6.07, 6.45) is 0.623. The Morgan fingerprint density at radius 1 is 1.55 bits per heavy atom. The van der Waals surface area contributed by atoms with E-state index in [1.165, 1.54) is 18.0 Å². The van der Waals surface area contributed by atoms with Crippen LogP contribution in [0.2, 0.25) is 0 Å². The fraction of sp³-hybridized carbons (Fsp3) is 0.462. The average molecular weight is 331 g/mol. The van der Waals surface area contributed by atoms with Crippen LogP contribution in [-0.4, -0.2) is 34.6 Å². The molecule has 1 amide bonds. The second kappa shape index (κ2) is 6.82. The van der Waals surface area contributed by atoms with Crippen molar-refractivity contribution in [3.63, 3.8) is 0 Å². The summed E-state index contributed by atoms with van der Waals surface area (Å²) >= 11 is 1.10. The van der Waals surface area contributed by atoms with E-state index in [1.807, 2.05) is 6.92 Å². The molecule has 0 spiro atoms. The van der Waals surface area contributed by atoms with Crippen LogP contribution in [0.1, 0.15) is 33.2 Å². The first kappa shape index (κ1) is 16.3. The van der Waals surface area contributed by atoms with Gasteiger partial charge in [-0.2, -0.15) is 13.8 Å². The molecule has 2 rings (SSSR count). The SMILES string of the molecule is CCc1noc(CN(C)C(=O)c2sc(C)cc2OC(F)F)n1. The molecule has 6 nitrogen and oxygen atoms in total. The first-order valence-electron chi connectivity index (χ1n) is 6.52. The highest BCUT2D eigenvalue weighted by Gasteiger charge is 2.23. The Bertz CT molecular complexity index is 657. The van der Waals surface area contributed by atoms with Gasteiger partial charge in [-0.05, 0) is 13.0 Å². The number of nitrogens with zero attached hydrogens (tertiary/aromatic N) is 3. The molecule has 0 unspecified atom stereocenters. The van der Waals surface area contributed by atoms with Gasteiger partial charge in [0.05, 0.1) is 0 Å². The minimum Gasteiger partial charge on any atom is -0.433 e. The molecule has 9 heteroatoms. The number of alkyl halides is 2. The van der Waals surface area contributed by atoms with E-state index >= 15 is 0 Å². The molecule has 0 fully saturated rings. The van der Waals surface area contributed by atoms with Gasteiger partial charge in [0.1, 0.15) is 17.2 Å². The molecule has 0 radical (unpaired) electrons. The Labute approximate surface area is 129 Å². The third-order valence-electron chi connectivity index (χ3n) is 2.78. The summed E-state index contributed by atoms with van der Waals surface area (Å²) in [6, 6.07) is 1.42. The smallest absolute Gasteiger partial charge is 0.387 e. The zero-order valence-electron chi connectivity index (χ0n) is 12.3. The van der Waals surface area contributed by atoms with Gasteiger partial charge in [0, 0.05) is 18.3 Å². The summed E-state index contributed by atoms with van der Waals surface area (Å²) in [7, 11) is 1.53. The Balaban J connectivity index is 2.13. The molecule has 0 aliphatic carbocycles. The first-order valence-corrected chi connectivity index (χ1v) is 7.34. The van der Waals surface area contributed by atoms with Crippen LogP contribution < -0.4 is 4.74 Å². The predicted molar refractivity (Wildman–Crippen MR) is 75.2 cm³/mol. The van der Waals surface area contributed by atoms with E-state index in [1.54, 1.807) is 6.92 Å². The summed E-state index contributed by atoms with van der Waals surface area (Å²) in [6.45, 7) is 0.711. The number of hydrogen-bond acceptors (Lipinski definition) is 6. The van der Waals surface area contributed by atoms with Crippen LogP contribution in [0.25, 0.3) is 0 Å². The highest BCUT2D eigenvalue weighted by Crippen LogP contribution is 2.31. The van der Waals surface area contributed by atoms with Crippen LogP contribution in [0, 0.1) is 6.92 Å². The quantitative estimate of drug-likeness (QED) is 0.814. The number of thiophene rings is 1. The molecule has 2 aromatic heterocycles. The van der Waals surface area contributed by atoms with Crippen molar-refractivity contribution >= 4 is 17.2 Å². The molecule has 22 heavy (non-hydrogen) atoms. The fourth-order valence-corrected chi connectivity index (χ4v) is 2.71.